The van der Waals surface area contributed by atoms with E-state index in [2.05, 4.69) is 15.0 Å². The van der Waals surface area contributed by atoms with Crippen LogP contribution in [0.4, 0.5) is 5.82 Å². The van der Waals surface area contributed by atoms with E-state index in [4.69, 9.17) is 22.7 Å². The topological polar surface area (TPSA) is 204 Å². The van der Waals surface area contributed by atoms with Gasteiger partial charge in [0.15, 0.2) is 17.0 Å². The van der Waals surface area contributed by atoms with Gasteiger partial charge in [0.1, 0.15) is 11.8 Å². The molecular weight excluding hydrogens is 533 g/mol. The second-order valence-corrected chi connectivity index (χ2v) is 10.1. The van der Waals surface area contributed by atoms with Gasteiger partial charge in [-0.1, -0.05) is 42.5 Å². The highest BCUT2D eigenvalue weighted by Crippen LogP contribution is 2.43. The SMILES string of the molecule is [2H]CON(OC[2H])[C@@](CC(=O)O)(C(=O)NP(=O)(O)OC[C@H]1C=C[C@@H](n2cnc3c(N)ncnc32)C1)c1ccccc1. The number of amides is 1. The fourth-order valence-corrected chi connectivity index (χ4v) is 5.30. The molecule has 4 atom stereocenters. The first kappa shape index (κ1) is 25.6. The number of aliphatic carboxylic acids is 1. The van der Waals surface area contributed by atoms with Gasteiger partial charge in [-0.05, 0) is 17.2 Å². The standard InChI is InChI=1S/C23H28N7O8P/c1-36-30(37-2)23(11-18(31)32,16-6-4-3-5-7-16)22(33)28-39(34,35)38-12-15-8-9-17(10-15)29-14-27-19-20(24)25-13-26-21(19)29/h3-9,13-15,17H,10-12H2,1-2H3,(H,31,32)(H2,24,25,26)(H2,28,33,34,35)/t15-,17+,23+/m0/s1/i1D,2D. The lowest BCUT2D eigenvalue weighted by atomic mass is 9.86. The number of benzene rings is 1. The predicted octanol–water partition coefficient (Wildman–Crippen LogP) is 1.55. The number of hydrogen-bond donors (Lipinski definition) is 4. The zero-order chi connectivity index (χ0) is 29.6. The number of rotatable bonds is 12. The van der Waals surface area contributed by atoms with Crippen LogP contribution in [-0.2, 0) is 33.9 Å². The second kappa shape index (κ2) is 11.6. The molecule has 39 heavy (non-hydrogen) atoms. The number of carbonyl (C=O) groups excluding carboxylic acids is 1. The number of aromatic nitrogens is 4. The molecule has 0 spiro atoms. The molecule has 1 aliphatic carbocycles. The summed E-state index contributed by atoms with van der Waals surface area (Å²) in [7, 11) is -6.50. The maximum atomic E-state index is 13.6. The first-order valence-corrected chi connectivity index (χ1v) is 13.0. The van der Waals surface area contributed by atoms with Gasteiger partial charge in [-0.3, -0.25) is 28.9 Å². The third-order valence-corrected chi connectivity index (χ3v) is 7.17. The minimum atomic E-state index is -4.88. The number of imidazole rings is 1. The van der Waals surface area contributed by atoms with E-state index in [9.17, 15) is 24.2 Å². The Morgan fingerprint density at radius 3 is 2.69 bits per heavy atom. The first-order chi connectivity index (χ1) is 19.6. The molecule has 0 saturated carbocycles. The Kier molecular flexibility index (Phi) is 7.58. The number of carbonyl (C=O) groups is 2. The highest BCUT2D eigenvalue weighted by molar-refractivity contribution is 7.51. The van der Waals surface area contributed by atoms with Crippen LogP contribution >= 0.6 is 7.75 Å². The Morgan fingerprint density at radius 1 is 1.26 bits per heavy atom. The molecule has 208 valence electrons. The maximum Gasteiger partial charge on any atom is 0.432 e. The molecule has 0 saturated heterocycles. The van der Waals surface area contributed by atoms with Gasteiger partial charge in [0.25, 0.3) is 5.91 Å². The lowest BCUT2D eigenvalue weighted by Crippen LogP contribution is -2.56. The molecule has 1 aromatic carbocycles. The number of hydroxylamine groups is 2. The Labute approximate surface area is 225 Å². The number of allylic oxidation sites excluding steroid dienone is 1. The van der Waals surface area contributed by atoms with Gasteiger partial charge < -0.3 is 20.3 Å². The van der Waals surface area contributed by atoms with Crippen LogP contribution in [0.1, 0.15) is 27.2 Å². The quantitative estimate of drug-likeness (QED) is 0.140. The summed E-state index contributed by atoms with van der Waals surface area (Å²) in [5.41, 5.74) is 4.42. The predicted molar refractivity (Wildman–Crippen MR) is 136 cm³/mol. The van der Waals surface area contributed by atoms with Crippen LogP contribution < -0.4 is 10.8 Å². The average Bonchev–Trinajstić information content (AvgIpc) is 3.58. The minimum absolute atomic E-state index is 0.000345. The van der Waals surface area contributed by atoms with Crippen LogP contribution in [0.5, 0.6) is 0 Å². The van der Waals surface area contributed by atoms with Crippen LogP contribution in [0.25, 0.3) is 11.2 Å². The normalized spacial score (nSPS) is 20.8. The molecule has 1 amide bonds. The Hall–Kier alpha value is -3.72. The molecule has 15 nitrogen and oxygen atoms in total. The molecular formula is C23H28N7O8P. The zero-order valence-electron chi connectivity index (χ0n) is 22.5. The van der Waals surface area contributed by atoms with E-state index in [-0.39, 0.29) is 29.9 Å². The van der Waals surface area contributed by atoms with Gasteiger partial charge in [-0.15, -0.1) is 0 Å². The van der Waals surface area contributed by atoms with Gasteiger partial charge in [0, 0.05) is 5.92 Å². The second-order valence-electron chi connectivity index (χ2n) is 8.60. The summed E-state index contributed by atoms with van der Waals surface area (Å²) in [6.45, 7) is -0.266. The molecule has 0 fully saturated rings. The number of hydrogen-bond acceptors (Lipinski definition) is 11. The van der Waals surface area contributed by atoms with E-state index < -0.39 is 45.8 Å². The van der Waals surface area contributed by atoms with Crippen LogP contribution in [0.2, 0.25) is 0 Å². The number of anilines is 1. The van der Waals surface area contributed by atoms with Crippen LogP contribution in [0.15, 0.2) is 55.1 Å². The molecule has 0 aliphatic heterocycles. The van der Waals surface area contributed by atoms with E-state index >= 15 is 0 Å². The summed E-state index contributed by atoms with van der Waals surface area (Å²) >= 11 is 0. The monoisotopic (exact) mass is 563 g/mol. The lowest BCUT2D eigenvalue weighted by molar-refractivity contribution is -0.387. The average molecular weight is 564 g/mol. The van der Waals surface area contributed by atoms with Gasteiger partial charge in [-0.25, -0.2) is 19.5 Å². The lowest BCUT2D eigenvalue weighted by Gasteiger charge is -2.38. The molecule has 0 bridgehead atoms. The van der Waals surface area contributed by atoms with Gasteiger partial charge in [0.2, 0.25) is 0 Å². The molecule has 1 unspecified atom stereocenters. The molecule has 5 N–H and O–H groups in total. The van der Waals surface area contributed by atoms with E-state index in [1.54, 1.807) is 23.0 Å². The van der Waals surface area contributed by atoms with Gasteiger partial charge >= 0.3 is 13.7 Å². The summed E-state index contributed by atoms with van der Waals surface area (Å²) in [6.07, 6.45) is 5.98. The van der Waals surface area contributed by atoms with Crippen molar-refractivity contribution in [1.82, 2.24) is 29.8 Å². The molecule has 0 radical (unpaired) electrons. The Bertz CT molecular complexity index is 1460. The number of carboxylic acid groups (broad SMARTS) is 1. The molecule has 4 rings (SSSR count). The van der Waals surface area contributed by atoms with Crippen molar-refractivity contribution in [3.8, 4) is 0 Å². The van der Waals surface area contributed by atoms with Crippen molar-refractivity contribution in [2.45, 2.75) is 24.4 Å². The summed E-state index contributed by atoms with van der Waals surface area (Å²) in [5, 5.41) is 11.9. The third kappa shape index (κ3) is 5.83. The van der Waals surface area contributed by atoms with Crippen LogP contribution in [0, 0.1) is 5.92 Å². The number of nitrogens with two attached hydrogens (primary N) is 1. The number of nitrogen functional groups attached to an aromatic ring is 1. The molecule has 3 aromatic rings. The number of fused-ring (bicyclic) bond motifs is 1. The van der Waals surface area contributed by atoms with E-state index in [1.807, 2.05) is 11.2 Å². The number of carboxylic acids is 1. The fraction of sp³-hybridized carbons (Fsp3) is 0.348. The molecule has 2 heterocycles. The van der Waals surface area contributed by atoms with Crippen molar-refractivity contribution in [2.75, 3.05) is 26.5 Å². The highest BCUT2D eigenvalue weighted by Gasteiger charge is 2.51. The van der Waals surface area contributed by atoms with Crippen molar-refractivity contribution >= 4 is 36.6 Å². The minimum Gasteiger partial charge on any atom is -0.481 e. The summed E-state index contributed by atoms with van der Waals surface area (Å²) in [5.74, 6) is -2.91. The largest absolute Gasteiger partial charge is 0.481 e. The van der Waals surface area contributed by atoms with Crippen molar-refractivity contribution in [3.05, 3.63) is 60.7 Å². The van der Waals surface area contributed by atoms with Gasteiger partial charge in [0.05, 0.1) is 42.3 Å². The van der Waals surface area contributed by atoms with Gasteiger partial charge in [-0.2, -0.15) is 0 Å². The molecule has 2 aromatic heterocycles. The maximum absolute atomic E-state index is 13.6. The highest BCUT2D eigenvalue weighted by atomic mass is 31.2. The van der Waals surface area contributed by atoms with Crippen molar-refractivity contribution in [1.29, 1.82) is 0 Å². The smallest absolute Gasteiger partial charge is 0.432 e. The fourth-order valence-electron chi connectivity index (χ4n) is 4.40. The third-order valence-electron chi connectivity index (χ3n) is 6.18. The first-order valence-electron chi connectivity index (χ1n) is 12.9. The van der Waals surface area contributed by atoms with Crippen molar-refractivity contribution in [2.24, 2.45) is 5.92 Å². The Balaban J connectivity index is 1.50. The molecule has 16 heteroatoms. The van der Waals surface area contributed by atoms with Crippen LogP contribution in [-0.4, -0.2) is 67.4 Å². The van der Waals surface area contributed by atoms with E-state index in [0.29, 0.717) is 22.8 Å². The van der Waals surface area contributed by atoms with E-state index in [1.165, 1.54) is 30.6 Å². The zero-order valence-corrected chi connectivity index (χ0v) is 21.4. The summed E-state index contributed by atoms with van der Waals surface area (Å²) in [6, 6.07) is 7.16. The number of nitrogens with one attached hydrogen (secondary N) is 1. The van der Waals surface area contributed by atoms with E-state index in [0.717, 1.165) is 0 Å². The number of nitrogens with zero attached hydrogens (tertiary/aromatic N) is 5. The van der Waals surface area contributed by atoms with Crippen molar-refractivity contribution in [3.63, 3.8) is 0 Å². The van der Waals surface area contributed by atoms with Crippen LogP contribution in [0.3, 0.4) is 0 Å². The Morgan fingerprint density at radius 2 is 2.00 bits per heavy atom. The summed E-state index contributed by atoms with van der Waals surface area (Å²) in [4.78, 5) is 58.5. The van der Waals surface area contributed by atoms with Crippen molar-refractivity contribution < 1.29 is 41.1 Å². The molecule has 1 aliphatic rings. The summed E-state index contributed by atoms with van der Waals surface area (Å²) < 4.78 is 34.8.